The summed E-state index contributed by atoms with van der Waals surface area (Å²) in [5.41, 5.74) is 0. The van der Waals surface area contributed by atoms with Crippen LogP contribution >= 0.6 is 0 Å². The molecule has 0 aliphatic carbocycles. The number of rotatable bonds is 5. The fraction of sp³-hybridized carbons (Fsp3) is 0.545. The molecule has 0 spiro atoms. The van der Waals surface area contributed by atoms with Crippen molar-refractivity contribution in [3.8, 4) is 0 Å². The molecule has 1 heterocycles. The van der Waals surface area contributed by atoms with E-state index >= 15 is 0 Å². The van der Waals surface area contributed by atoms with E-state index in [1.807, 2.05) is 13.8 Å². The Hall–Kier alpha value is -1.85. The van der Waals surface area contributed by atoms with Gasteiger partial charge in [0.15, 0.2) is 5.82 Å². The Bertz CT molecular complexity index is 373. The maximum Gasteiger partial charge on any atom is 0.245 e. The van der Waals surface area contributed by atoms with Crippen LogP contribution in [0.3, 0.4) is 0 Å². The quantitative estimate of drug-likeness (QED) is 0.835. The largest absolute Gasteiger partial charge is 0.363 e. The van der Waals surface area contributed by atoms with Crippen molar-refractivity contribution in [3.05, 3.63) is 12.3 Å². The molecule has 2 amide bonds. The van der Waals surface area contributed by atoms with E-state index in [4.69, 9.17) is 0 Å². The monoisotopic (exact) mass is 239 g/mol. The zero-order valence-electron chi connectivity index (χ0n) is 10.3. The Balaban J connectivity index is 2.49. The van der Waals surface area contributed by atoms with Crippen molar-refractivity contribution in [1.29, 1.82) is 0 Å². The van der Waals surface area contributed by atoms with Crippen molar-refractivity contribution in [2.75, 3.05) is 18.4 Å². The summed E-state index contributed by atoms with van der Waals surface area (Å²) in [6, 6.07) is 1.54. The van der Waals surface area contributed by atoms with Gasteiger partial charge in [-0.15, -0.1) is 0 Å². The Labute approximate surface area is 99.9 Å². The maximum absolute atomic E-state index is 11.6. The van der Waals surface area contributed by atoms with Gasteiger partial charge in [0.2, 0.25) is 11.8 Å². The summed E-state index contributed by atoms with van der Waals surface area (Å²) in [6.45, 7) is 6.02. The number of carbonyl (C=O) groups is 2. The highest BCUT2D eigenvalue weighted by Crippen LogP contribution is 2.03. The molecule has 1 N–H and O–H groups in total. The van der Waals surface area contributed by atoms with Crippen molar-refractivity contribution in [2.45, 2.75) is 20.8 Å². The van der Waals surface area contributed by atoms with Crippen LogP contribution in [0, 0.1) is 5.92 Å². The zero-order chi connectivity index (χ0) is 12.8. The number of hydrogen-bond acceptors (Lipinski definition) is 4. The summed E-state index contributed by atoms with van der Waals surface area (Å²) in [5, 5.41) is 6.10. The maximum atomic E-state index is 11.6. The highest BCUT2D eigenvalue weighted by Gasteiger charge is 2.15. The summed E-state index contributed by atoms with van der Waals surface area (Å²) >= 11 is 0. The third kappa shape index (κ3) is 4.67. The van der Waals surface area contributed by atoms with Crippen LogP contribution in [0.4, 0.5) is 5.82 Å². The molecular weight excluding hydrogens is 222 g/mol. The smallest absolute Gasteiger partial charge is 0.245 e. The van der Waals surface area contributed by atoms with Crippen LogP contribution in [-0.4, -0.2) is 35.0 Å². The Morgan fingerprint density at radius 1 is 1.53 bits per heavy atom. The highest BCUT2D eigenvalue weighted by atomic mass is 16.5. The average Bonchev–Trinajstić information content (AvgIpc) is 2.68. The Morgan fingerprint density at radius 3 is 2.71 bits per heavy atom. The topological polar surface area (TPSA) is 75.4 Å². The lowest BCUT2D eigenvalue weighted by molar-refractivity contribution is -0.133. The molecule has 94 valence electrons. The van der Waals surface area contributed by atoms with E-state index in [1.54, 1.807) is 6.07 Å². The molecule has 0 aromatic carbocycles. The number of aromatic nitrogens is 1. The molecule has 6 nitrogen and oxygen atoms in total. The van der Waals surface area contributed by atoms with Crippen LogP contribution in [0.2, 0.25) is 0 Å². The summed E-state index contributed by atoms with van der Waals surface area (Å²) in [5.74, 6) is 0.269. The van der Waals surface area contributed by atoms with Crippen molar-refractivity contribution in [3.63, 3.8) is 0 Å². The van der Waals surface area contributed by atoms with Crippen molar-refractivity contribution in [2.24, 2.45) is 5.92 Å². The molecule has 0 saturated heterocycles. The van der Waals surface area contributed by atoms with Crippen LogP contribution in [0.1, 0.15) is 20.8 Å². The fourth-order valence-corrected chi connectivity index (χ4v) is 1.38. The number of hydrogen-bond donors (Lipinski definition) is 1. The SMILES string of the molecule is CC(=O)N(CC(=O)Nc1ccon1)CC(C)C. The Morgan fingerprint density at radius 2 is 2.24 bits per heavy atom. The van der Waals surface area contributed by atoms with Gasteiger partial charge in [-0.2, -0.15) is 0 Å². The van der Waals surface area contributed by atoms with Crippen molar-refractivity contribution in [1.82, 2.24) is 10.1 Å². The van der Waals surface area contributed by atoms with Crippen LogP contribution in [-0.2, 0) is 9.59 Å². The number of anilines is 1. The van der Waals surface area contributed by atoms with Gasteiger partial charge in [-0.1, -0.05) is 19.0 Å². The molecule has 0 saturated carbocycles. The van der Waals surface area contributed by atoms with Gasteiger partial charge in [-0.05, 0) is 5.92 Å². The average molecular weight is 239 g/mol. The fourth-order valence-electron chi connectivity index (χ4n) is 1.38. The predicted octanol–water partition coefficient (Wildman–Crippen LogP) is 1.12. The third-order valence-electron chi connectivity index (χ3n) is 2.07. The van der Waals surface area contributed by atoms with Gasteiger partial charge in [0.1, 0.15) is 6.26 Å². The molecule has 0 unspecified atom stereocenters. The summed E-state index contributed by atoms with van der Waals surface area (Å²) in [7, 11) is 0. The molecule has 17 heavy (non-hydrogen) atoms. The molecule has 0 atom stereocenters. The van der Waals surface area contributed by atoms with E-state index in [0.717, 1.165) is 0 Å². The van der Waals surface area contributed by atoms with Crippen molar-refractivity contribution >= 4 is 17.6 Å². The summed E-state index contributed by atoms with van der Waals surface area (Å²) in [6.07, 6.45) is 1.37. The molecule has 0 bridgehead atoms. The lowest BCUT2D eigenvalue weighted by atomic mass is 10.2. The molecule has 6 heteroatoms. The van der Waals surface area contributed by atoms with E-state index in [-0.39, 0.29) is 18.4 Å². The summed E-state index contributed by atoms with van der Waals surface area (Å²) < 4.78 is 4.59. The Kier molecular flexibility index (Phi) is 4.68. The van der Waals surface area contributed by atoms with E-state index in [0.29, 0.717) is 18.3 Å². The van der Waals surface area contributed by atoms with Gasteiger partial charge in [-0.25, -0.2) is 0 Å². The van der Waals surface area contributed by atoms with Crippen LogP contribution < -0.4 is 5.32 Å². The normalized spacial score (nSPS) is 10.4. The molecule has 0 fully saturated rings. The second-order valence-electron chi connectivity index (χ2n) is 4.23. The van der Waals surface area contributed by atoms with Gasteiger partial charge >= 0.3 is 0 Å². The van der Waals surface area contributed by atoms with Gasteiger partial charge in [0.25, 0.3) is 0 Å². The first-order chi connectivity index (χ1) is 7.99. The minimum absolute atomic E-state index is 0.0281. The molecule has 0 radical (unpaired) electrons. The molecule has 0 aliphatic heterocycles. The van der Waals surface area contributed by atoms with Gasteiger partial charge < -0.3 is 14.7 Å². The number of nitrogens with one attached hydrogen (secondary N) is 1. The molecule has 1 aromatic heterocycles. The molecular formula is C11H17N3O3. The molecule has 1 aromatic rings. The van der Waals surface area contributed by atoms with Crippen molar-refractivity contribution < 1.29 is 14.1 Å². The van der Waals surface area contributed by atoms with E-state index in [2.05, 4.69) is 15.0 Å². The minimum Gasteiger partial charge on any atom is -0.363 e. The zero-order valence-corrected chi connectivity index (χ0v) is 10.3. The number of amides is 2. The minimum atomic E-state index is -0.283. The van der Waals surface area contributed by atoms with E-state index < -0.39 is 0 Å². The standard InChI is InChI=1S/C11H17N3O3/c1-8(2)6-14(9(3)15)7-11(16)12-10-4-5-17-13-10/h4-5,8H,6-7H2,1-3H3,(H,12,13,16). The van der Waals surface area contributed by atoms with Gasteiger partial charge in [0.05, 0.1) is 6.54 Å². The highest BCUT2D eigenvalue weighted by molar-refractivity contribution is 5.93. The van der Waals surface area contributed by atoms with Crippen LogP contribution in [0.15, 0.2) is 16.9 Å². The summed E-state index contributed by atoms with van der Waals surface area (Å²) in [4.78, 5) is 24.4. The lowest BCUT2D eigenvalue weighted by Crippen LogP contribution is -2.38. The first kappa shape index (κ1) is 13.2. The first-order valence-corrected chi connectivity index (χ1v) is 5.44. The van der Waals surface area contributed by atoms with Crippen LogP contribution in [0.5, 0.6) is 0 Å². The predicted molar refractivity (Wildman–Crippen MR) is 62.2 cm³/mol. The molecule has 1 rings (SSSR count). The van der Waals surface area contributed by atoms with Crippen LogP contribution in [0.25, 0.3) is 0 Å². The third-order valence-corrected chi connectivity index (χ3v) is 2.07. The van der Waals surface area contributed by atoms with E-state index in [1.165, 1.54) is 18.1 Å². The van der Waals surface area contributed by atoms with Gasteiger partial charge in [-0.3, -0.25) is 9.59 Å². The lowest BCUT2D eigenvalue weighted by Gasteiger charge is -2.22. The van der Waals surface area contributed by atoms with Gasteiger partial charge in [0, 0.05) is 19.5 Å². The number of carbonyl (C=O) groups excluding carboxylic acids is 2. The second-order valence-corrected chi connectivity index (χ2v) is 4.23. The first-order valence-electron chi connectivity index (χ1n) is 5.44. The molecule has 0 aliphatic rings. The van der Waals surface area contributed by atoms with E-state index in [9.17, 15) is 9.59 Å². The second kappa shape index (κ2) is 6.03. The number of nitrogens with zero attached hydrogens (tertiary/aromatic N) is 2.